The highest BCUT2D eigenvalue weighted by molar-refractivity contribution is 6.83. The van der Waals surface area contributed by atoms with E-state index >= 15 is 0 Å². The molecule has 1 saturated heterocycles. The van der Waals surface area contributed by atoms with Crippen LogP contribution < -0.4 is 11.4 Å². The molecule has 2 rings (SSSR count). The molecular formula is C17H27N3O2Si. The van der Waals surface area contributed by atoms with Gasteiger partial charge in [0.2, 0.25) is 0 Å². The molecule has 1 aromatic rings. The lowest BCUT2D eigenvalue weighted by Crippen LogP contribution is -2.31. The smallest absolute Gasteiger partial charge is 0.351 e. The van der Waals surface area contributed by atoms with Crippen LogP contribution in [0.15, 0.2) is 17.1 Å². The topological polar surface area (TPSA) is 70.1 Å². The number of aromatic nitrogens is 2. The molecular weight excluding hydrogens is 306 g/mol. The molecule has 0 spiro atoms. The predicted molar refractivity (Wildman–Crippen MR) is 95.5 cm³/mol. The van der Waals surface area contributed by atoms with E-state index in [0.717, 1.165) is 6.42 Å². The third-order valence-electron chi connectivity index (χ3n) is 4.64. The van der Waals surface area contributed by atoms with Crippen molar-refractivity contribution in [3.63, 3.8) is 0 Å². The second-order valence-corrected chi connectivity index (χ2v) is 12.3. The van der Waals surface area contributed by atoms with Crippen molar-refractivity contribution in [3.8, 4) is 11.5 Å². The monoisotopic (exact) mass is 333 g/mol. The van der Waals surface area contributed by atoms with Crippen molar-refractivity contribution >= 4 is 13.9 Å². The van der Waals surface area contributed by atoms with Crippen LogP contribution in [0.4, 0.5) is 5.82 Å². The van der Waals surface area contributed by atoms with Gasteiger partial charge in [0.05, 0.1) is 11.5 Å². The Morgan fingerprint density at radius 3 is 2.65 bits per heavy atom. The maximum absolute atomic E-state index is 12.2. The Kier molecular flexibility index (Phi) is 4.74. The van der Waals surface area contributed by atoms with Gasteiger partial charge in [0.25, 0.3) is 0 Å². The molecule has 0 radical (unpaired) electrons. The molecule has 1 fully saturated rings. The lowest BCUT2D eigenvalue weighted by molar-refractivity contribution is -0.0773. The minimum Gasteiger partial charge on any atom is -0.383 e. The highest BCUT2D eigenvalue weighted by Gasteiger charge is 2.49. The zero-order valence-corrected chi connectivity index (χ0v) is 15.9. The van der Waals surface area contributed by atoms with Gasteiger partial charge in [-0.1, -0.05) is 33.5 Å². The van der Waals surface area contributed by atoms with Crippen molar-refractivity contribution in [1.82, 2.24) is 9.55 Å². The van der Waals surface area contributed by atoms with Crippen molar-refractivity contribution < 1.29 is 4.74 Å². The van der Waals surface area contributed by atoms with Gasteiger partial charge in [-0.25, -0.2) is 4.79 Å². The van der Waals surface area contributed by atoms with Crippen molar-refractivity contribution in [2.24, 2.45) is 11.8 Å². The van der Waals surface area contributed by atoms with Crippen molar-refractivity contribution in [3.05, 3.63) is 22.7 Å². The second-order valence-electron chi connectivity index (χ2n) is 7.55. The minimum atomic E-state index is -1.50. The fraction of sp³-hybridized carbons (Fsp3) is 0.647. The summed E-state index contributed by atoms with van der Waals surface area (Å²) < 4.78 is 7.82. The molecule has 2 N–H and O–H groups in total. The summed E-state index contributed by atoms with van der Waals surface area (Å²) in [6, 6.07) is 1.63. The Balaban J connectivity index is 2.49. The number of ether oxygens (including phenoxy) is 1. The number of hydrogen-bond acceptors (Lipinski definition) is 4. The molecule has 0 saturated carbocycles. The summed E-state index contributed by atoms with van der Waals surface area (Å²) in [6.07, 6.45) is 2.11. The Morgan fingerprint density at radius 1 is 1.48 bits per heavy atom. The van der Waals surface area contributed by atoms with E-state index in [1.165, 1.54) is 4.57 Å². The number of anilines is 1. The van der Waals surface area contributed by atoms with Crippen molar-refractivity contribution in [2.75, 3.05) is 5.73 Å². The van der Waals surface area contributed by atoms with Crippen LogP contribution in [0, 0.1) is 23.3 Å². The average Bonchev–Trinajstić information content (AvgIpc) is 2.69. The summed E-state index contributed by atoms with van der Waals surface area (Å²) in [7, 11) is -1.50. The fourth-order valence-electron chi connectivity index (χ4n) is 2.83. The SMILES string of the molecule is CC[C@@]1(C)O[C@@H](n2ccc(N)nc2=O)[C@@H](C#C[Si](C)(C)C)[C@@H]1C. The standard InChI is InChI=1S/C17H27N3O2Si/c1-7-17(3)12(2)13(9-11-23(4,5)6)15(22-17)20-10-8-14(18)19-16(20)21/h8,10,12-13,15H,7H2,1-6H3,(H2,18,19,21)/t12-,13-,15+,17+/m0/s1. The lowest BCUT2D eigenvalue weighted by Gasteiger charge is -2.27. The molecule has 0 bridgehead atoms. The first-order chi connectivity index (χ1) is 10.6. The van der Waals surface area contributed by atoms with Crippen LogP contribution >= 0.6 is 0 Å². The summed E-state index contributed by atoms with van der Waals surface area (Å²) in [4.78, 5) is 16.1. The number of nitrogens with two attached hydrogens (primary N) is 1. The third-order valence-corrected chi connectivity index (χ3v) is 5.53. The van der Waals surface area contributed by atoms with Crippen LogP contribution in [-0.4, -0.2) is 23.2 Å². The highest BCUT2D eigenvalue weighted by Crippen LogP contribution is 2.46. The minimum absolute atomic E-state index is 0.0326. The number of nitrogen functional groups attached to an aromatic ring is 1. The second kappa shape index (κ2) is 6.14. The predicted octanol–water partition coefficient (Wildman–Crippen LogP) is 2.66. The van der Waals surface area contributed by atoms with E-state index in [9.17, 15) is 4.79 Å². The van der Waals surface area contributed by atoms with Gasteiger partial charge in [0.15, 0.2) is 6.23 Å². The van der Waals surface area contributed by atoms with Crippen molar-refractivity contribution in [2.45, 2.75) is 58.7 Å². The summed E-state index contributed by atoms with van der Waals surface area (Å²) in [5.74, 6) is 3.84. The Labute approximate surface area is 139 Å². The highest BCUT2D eigenvalue weighted by atomic mass is 28.3. The van der Waals surface area contributed by atoms with Crippen LogP contribution in [-0.2, 0) is 4.74 Å². The molecule has 0 unspecified atom stereocenters. The van der Waals surface area contributed by atoms with Gasteiger partial charge in [-0.2, -0.15) is 4.98 Å². The molecule has 23 heavy (non-hydrogen) atoms. The molecule has 1 aliphatic heterocycles. The van der Waals surface area contributed by atoms with Crippen LogP contribution in [0.1, 0.15) is 33.4 Å². The molecule has 5 nitrogen and oxygen atoms in total. The van der Waals surface area contributed by atoms with Gasteiger partial charge in [-0.3, -0.25) is 4.57 Å². The summed E-state index contributed by atoms with van der Waals surface area (Å²) >= 11 is 0. The van der Waals surface area contributed by atoms with Crippen LogP contribution in [0.3, 0.4) is 0 Å². The van der Waals surface area contributed by atoms with Gasteiger partial charge in [0, 0.05) is 12.1 Å². The van der Waals surface area contributed by atoms with Gasteiger partial charge < -0.3 is 10.5 Å². The van der Waals surface area contributed by atoms with Gasteiger partial charge in [0.1, 0.15) is 13.9 Å². The average molecular weight is 334 g/mol. The summed E-state index contributed by atoms with van der Waals surface area (Å²) in [5.41, 5.74) is 8.34. The zero-order chi connectivity index (χ0) is 17.4. The first-order valence-electron chi connectivity index (χ1n) is 8.12. The zero-order valence-electron chi connectivity index (χ0n) is 14.9. The maximum atomic E-state index is 12.2. The normalized spacial score (nSPS) is 30.8. The number of nitrogens with zero attached hydrogens (tertiary/aromatic N) is 2. The Hall–Kier alpha value is -1.58. The first-order valence-corrected chi connectivity index (χ1v) is 11.6. The fourth-order valence-corrected chi connectivity index (χ4v) is 3.43. The molecule has 1 aliphatic rings. The molecule has 2 heterocycles. The first kappa shape index (κ1) is 17.8. The van der Waals surface area contributed by atoms with E-state index in [2.05, 4.69) is 56.9 Å². The van der Waals surface area contributed by atoms with E-state index in [-0.39, 0.29) is 28.9 Å². The third kappa shape index (κ3) is 3.67. The van der Waals surface area contributed by atoms with E-state index in [0.29, 0.717) is 0 Å². The largest absolute Gasteiger partial charge is 0.383 e. The van der Waals surface area contributed by atoms with Crippen LogP contribution in [0.2, 0.25) is 19.6 Å². The molecule has 126 valence electrons. The molecule has 0 aliphatic carbocycles. The quantitative estimate of drug-likeness (QED) is 0.667. The Bertz CT molecular complexity index is 698. The molecule has 1 aromatic heterocycles. The molecule has 0 amide bonds. The number of rotatable bonds is 2. The summed E-state index contributed by atoms with van der Waals surface area (Å²) in [5, 5.41) is 0. The van der Waals surface area contributed by atoms with E-state index in [1.807, 2.05) is 0 Å². The Morgan fingerprint density at radius 2 is 2.13 bits per heavy atom. The van der Waals surface area contributed by atoms with E-state index in [4.69, 9.17) is 10.5 Å². The summed E-state index contributed by atoms with van der Waals surface area (Å²) in [6.45, 7) is 13.0. The molecule has 4 atom stereocenters. The van der Waals surface area contributed by atoms with E-state index < -0.39 is 14.3 Å². The van der Waals surface area contributed by atoms with Crippen molar-refractivity contribution in [1.29, 1.82) is 0 Å². The van der Waals surface area contributed by atoms with Crippen LogP contribution in [0.5, 0.6) is 0 Å². The van der Waals surface area contributed by atoms with Gasteiger partial charge in [-0.15, -0.1) is 11.5 Å². The van der Waals surface area contributed by atoms with Gasteiger partial charge >= 0.3 is 5.69 Å². The van der Waals surface area contributed by atoms with Crippen LogP contribution in [0.25, 0.3) is 0 Å². The van der Waals surface area contributed by atoms with E-state index in [1.54, 1.807) is 12.3 Å². The van der Waals surface area contributed by atoms with Gasteiger partial charge in [-0.05, 0) is 19.4 Å². The molecule has 6 heteroatoms. The lowest BCUT2D eigenvalue weighted by atomic mass is 9.82. The number of hydrogen-bond donors (Lipinski definition) is 1. The maximum Gasteiger partial charge on any atom is 0.351 e. The molecule has 0 aromatic carbocycles.